The van der Waals surface area contributed by atoms with E-state index < -0.39 is 0 Å². The van der Waals surface area contributed by atoms with Gasteiger partial charge in [0.1, 0.15) is 0 Å². The Kier molecular flexibility index (Phi) is 4.40. The quantitative estimate of drug-likeness (QED) is 0.891. The molecule has 18 heavy (non-hydrogen) atoms. The van der Waals surface area contributed by atoms with Gasteiger partial charge in [0.25, 0.3) is 0 Å². The van der Waals surface area contributed by atoms with Crippen LogP contribution in [-0.4, -0.2) is 23.0 Å². The lowest BCUT2D eigenvalue weighted by molar-refractivity contribution is -0.114. The topological polar surface area (TPSA) is 41.1 Å². The molecule has 98 valence electrons. The molecule has 0 saturated carbocycles. The highest BCUT2D eigenvalue weighted by Gasteiger charge is 2.21. The molecule has 2 rings (SSSR count). The fourth-order valence-electron chi connectivity index (χ4n) is 2.05. The number of hydrogen-bond donors (Lipinski definition) is 2. The average molecular weight is 285 g/mol. The van der Waals surface area contributed by atoms with Gasteiger partial charge in [-0.15, -0.1) is 0 Å². The van der Waals surface area contributed by atoms with Crippen molar-refractivity contribution >= 4 is 40.6 Å². The second-order valence-electron chi connectivity index (χ2n) is 4.60. The molecule has 0 bridgehead atoms. The zero-order chi connectivity index (χ0) is 13.1. The summed E-state index contributed by atoms with van der Waals surface area (Å²) < 4.78 is 0. The van der Waals surface area contributed by atoms with E-state index in [1.165, 1.54) is 13.3 Å². The first-order valence-electron chi connectivity index (χ1n) is 6.00. The molecule has 1 aromatic rings. The molecule has 2 unspecified atom stereocenters. The highest BCUT2D eigenvalue weighted by molar-refractivity contribution is 8.00. The largest absolute Gasteiger partial charge is 0.381 e. The molecule has 0 radical (unpaired) electrons. The zero-order valence-electron chi connectivity index (χ0n) is 10.5. The minimum atomic E-state index is -0.112. The first-order chi connectivity index (χ1) is 8.54. The number of carbonyl (C=O) groups excluding carboxylic acids is 1. The molecule has 2 N–H and O–H groups in total. The van der Waals surface area contributed by atoms with Crippen molar-refractivity contribution in [3.63, 3.8) is 0 Å². The van der Waals surface area contributed by atoms with Gasteiger partial charge in [-0.3, -0.25) is 4.79 Å². The predicted octanol–water partition coefficient (Wildman–Crippen LogP) is 3.60. The summed E-state index contributed by atoms with van der Waals surface area (Å²) in [6.45, 7) is 3.72. The lowest BCUT2D eigenvalue weighted by Crippen LogP contribution is -2.18. The van der Waals surface area contributed by atoms with Crippen LogP contribution in [0, 0.1) is 0 Å². The summed E-state index contributed by atoms with van der Waals surface area (Å²) in [6, 6.07) is 6.15. The van der Waals surface area contributed by atoms with Crippen molar-refractivity contribution in [2.24, 2.45) is 0 Å². The van der Waals surface area contributed by atoms with E-state index in [1.807, 2.05) is 30.0 Å². The van der Waals surface area contributed by atoms with Crippen LogP contribution in [0.4, 0.5) is 11.4 Å². The number of benzene rings is 1. The van der Waals surface area contributed by atoms with Gasteiger partial charge in [-0.1, -0.05) is 18.5 Å². The van der Waals surface area contributed by atoms with Crippen molar-refractivity contribution < 1.29 is 4.79 Å². The maximum absolute atomic E-state index is 11.0. The maximum atomic E-state index is 11.0. The molecule has 1 aliphatic rings. The number of halogens is 1. The third-order valence-electron chi connectivity index (χ3n) is 2.85. The van der Waals surface area contributed by atoms with Crippen LogP contribution in [0.3, 0.4) is 0 Å². The van der Waals surface area contributed by atoms with Gasteiger partial charge in [0, 0.05) is 29.7 Å². The van der Waals surface area contributed by atoms with Crippen molar-refractivity contribution in [2.75, 3.05) is 16.4 Å². The van der Waals surface area contributed by atoms with Gasteiger partial charge >= 0.3 is 0 Å². The fourth-order valence-corrected chi connectivity index (χ4v) is 3.43. The second-order valence-corrected chi connectivity index (χ2v) is 6.48. The first kappa shape index (κ1) is 13.6. The Bertz CT molecular complexity index is 453. The van der Waals surface area contributed by atoms with Gasteiger partial charge in [-0.05, 0) is 24.6 Å². The van der Waals surface area contributed by atoms with Crippen molar-refractivity contribution in [1.82, 2.24) is 0 Å². The Morgan fingerprint density at radius 1 is 1.50 bits per heavy atom. The number of carbonyl (C=O) groups is 1. The summed E-state index contributed by atoms with van der Waals surface area (Å²) in [7, 11) is 0. The monoisotopic (exact) mass is 284 g/mol. The smallest absolute Gasteiger partial charge is 0.221 e. The van der Waals surface area contributed by atoms with Crippen LogP contribution < -0.4 is 10.6 Å². The van der Waals surface area contributed by atoms with Crippen molar-refractivity contribution in [3.8, 4) is 0 Å². The van der Waals surface area contributed by atoms with Gasteiger partial charge in [0.05, 0.1) is 10.7 Å². The molecule has 0 aromatic heterocycles. The molecular formula is C13H17ClN2OS. The molecule has 0 spiro atoms. The van der Waals surface area contributed by atoms with E-state index in [9.17, 15) is 4.79 Å². The summed E-state index contributed by atoms with van der Waals surface area (Å²) in [5, 5.41) is 7.46. The summed E-state index contributed by atoms with van der Waals surface area (Å²) in [5.41, 5.74) is 1.66. The Balaban J connectivity index is 2.02. The van der Waals surface area contributed by atoms with Gasteiger partial charge in [0.15, 0.2) is 0 Å². The molecule has 5 heteroatoms. The number of hydrogen-bond acceptors (Lipinski definition) is 3. The molecular weight excluding hydrogens is 268 g/mol. The molecule has 1 heterocycles. The number of rotatable bonds is 3. The highest BCUT2D eigenvalue weighted by Crippen LogP contribution is 2.30. The van der Waals surface area contributed by atoms with Crippen LogP contribution >= 0.6 is 23.4 Å². The molecule has 1 amide bonds. The Morgan fingerprint density at radius 2 is 2.28 bits per heavy atom. The van der Waals surface area contributed by atoms with E-state index in [0.29, 0.717) is 16.8 Å². The van der Waals surface area contributed by atoms with E-state index in [-0.39, 0.29) is 5.91 Å². The Hall–Kier alpha value is -0.870. The normalized spacial score (nSPS) is 22.8. The van der Waals surface area contributed by atoms with Gasteiger partial charge < -0.3 is 10.6 Å². The summed E-state index contributed by atoms with van der Waals surface area (Å²) in [6.07, 6.45) is 1.18. The molecule has 1 saturated heterocycles. The zero-order valence-corrected chi connectivity index (χ0v) is 12.1. The molecule has 1 fully saturated rings. The van der Waals surface area contributed by atoms with Crippen LogP contribution in [-0.2, 0) is 4.79 Å². The van der Waals surface area contributed by atoms with Crippen LogP contribution in [0.25, 0.3) is 0 Å². The van der Waals surface area contributed by atoms with Crippen LogP contribution in [0.5, 0.6) is 0 Å². The number of amides is 1. The van der Waals surface area contributed by atoms with E-state index in [2.05, 4.69) is 17.6 Å². The van der Waals surface area contributed by atoms with Crippen LogP contribution in [0.1, 0.15) is 20.3 Å². The van der Waals surface area contributed by atoms with Crippen LogP contribution in [0.2, 0.25) is 5.02 Å². The Labute approximate surface area is 117 Å². The van der Waals surface area contributed by atoms with Crippen LogP contribution in [0.15, 0.2) is 18.2 Å². The average Bonchev–Trinajstić information content (AvgIpc) is 2.68. The highest BCUT2D eigenvalue weighted by atomic mass is 35.5. The lowest BCUT2D eigenvalue weighted by Gasteiger charge is -2.14. The summed E-state index contributed by atoms with van der Waals surface area (Å²) >= 11 is 8.12. The number of thioether (sulfide) groups is 1. The van der Waals surface area contributed by atoms with E-state index in [4.69, 9.17) is 11.6 Å². The first-order valence-corrected chi connectivity index (χ1v) is 7.42. The lowest BCUT2D eigenvalue weighted by atomic mass is 10.2. The predicted molar refractivity (Wildman–Crippen MR) is 79.7 cm³/mol. The standard InChI is InChI=1S/C13H17ClN2OS/c1-8-5-11(7-18-8)16-10-3-4-13(12(14)6-10)15-9(2)17/h3-4,6,8,11,16H,5,7H2,1-2H3,(H,15,17). The van der Waals surface area contributed by atoms with E-state index in [0.717, 1.165) is 16.7 Å². The number of anilines is 2. The van der Waals surface area contributed by atoms with Crippen molar-refractivity contribution in [3.05, 3.63) is 23.2 Å². The fraction of sp³-hybridized carbons (Fsp3) is 0.462. The summed E-state index contributed by atoms with van der Waals surface area (Å²) in [5.74, 6) is 1.02. The number of nitrogens with one attached hydrogen (secondary N) is 2. The van der Waals surface area contributed by atoms with Gasteiger partial charge in [-0.25, -0.2) is 0 Å². The van der Waals surface area contributed by atoms with Gasteiger partial charge in [-0.2, -0.15) is 11.8 Å². The van der Waals surface area contributed by atoms with Crippen molar-refractivity contribution in [2.45, 2.75) is 31.6 Å². The van der Waals surface area contributed by atoms with Gasteiger partial charge in [0.2, 0.25) is 5.91 Å². The maximum Gasteiger partial charge on any atom is 0.221 e. The minimum absolute atomic E-state index is 0.112. The van der Waals surface area contributed by atoms with E-state index >= 15 is 0 Å². The molecule has 1 aliphatic heterocycles. The third kappa shape index (κ3) is 3.56. The second kappa shape index (κ2) is 5.85. The Morgan fingerprint density at radius 3 is 2.83 bits per heavy atom. The molecule has 0 aliphatic carbocycles. The third-order valence-corrected chi connectivity index (χ3v) is 4.52. The summed E-state index contributed by atoms with van der Waals surface area (Å²) in [4.78, 5) is 11.0. The SMILES string of the molecule is CC(=O)Nc1ccc(NC2CSC(C)C2)cc1Cl. The van der Waals surface area contributed by atoms with Crippen molar-refractivity contribution in [1.29, 1.82) is 0 Å². The van der Waals surface area contributed by atoms with E-state index in [1.54, 1.807) is 0 Å². The minimum Gasteiger partial charge on any atom is -0.381 e. The molecule has 2 atom stereocenters. The molecule has 1 aromatic carbocycles. The molecule has 3 nitrogen and oxygen atoms in total.